The van der Waals surface area contributed by atoms with Crippen LogP contribution in [0, 0.1) is 0 Å². The standard InChI is InChI=1S/C16H24ClNO2/c1-4-16(19,10-13-7-5-11(2)18-13)12-6-8-14(17)15(9-12)20-3/h6,8-9,11,13,18-19H,4-5,7,10H2,1-3H3. The maximum atomic E-state index is 11.0. The van der Waals surface area contributed by atoms with Crippen LogP contribution in [0.3, 0.4) is 0 Å². The number of hydrogen-bond donors (Lipinski definition) is 2. The maximum Gasteiger partial charge on any atom is 0.137 e. The third kappa shape index (κ3) is 3.27. The number of methoxy groups -OCH3 is 1. The highest BCUT2D eigenvalue weighted by atomic mass is 35.5. The van der Waals surface area contributed by atoms with Gasteiger partial charge in [-0.1, -0.05) is 24.6 Å². The summed E-state index contributed by atoms with van der Waals surface area (Å²) in [6, 6.07) is 6.45. The number of nitrogens with one attached hydrogen (secondary N) is 1. The fourth-order valence-corrected chi connectivity index (χ4v) is 3.20. The van der Waals surface area contributed by atoms with E-state index < -0.39 is 5.60 Å². The molecule has 4 heteroatoms. The minimum absolute atomic E-state index is 0.372. The molecule has 0 aromatic heterocycles. The molecule has 1 saturated heterocycles. The predicted octanol–water partition coefficient (Wildman–Crippen LogP) is 3.48. The van der Waals surface area contributed by atoms with Gasteiger partial charge in [0.25, 0.3) is 0 Å². The second-order valence-electron chi connectivity index (χ2n) is 5.78. The lowest BCUT2D eigenvalue weighted by atomic mass is 9.84. The van der Waals surface area contributed by atoms with Crippen LogP contribution in [-0.2, 0) is 5.60 Å². The largest absolute Gasteiger partial charge is 0.495 e. The molecule has 1 aliphatic rings. The van der Waals surface area contributed by atoms with Gasteiger partial charge in [-0.25, -0.2) is 0 Å². The molecule has 2 rings (SSSR count). The Hall–Kier alpha value is -0.770. The Kier molecular flexibility index (Phi) is 4.95. The highest BCUT2D eigenvalue weighted by molar-refractivity contribution is 6.32. The van der Waals surface area contributed by atoms with Crippen molar-refractivity contribution < 1.29 is 9.84 Å². The Morgan fingerprint density at radius 3 is 2.75 bits per heavy atom. The predicted molar refractivity (Wildman–Crippen MR) is 82.4 cm³/mol. The SMILES string of the molecule is CCC(O)(CC1CCC(C)N1)c1ccc(Cl)c(OC)c1. The van der Waals surface area contributed by atoms with Gasteiger partial charge in [0.15, 0.2) is 0 Å². The zero-order valence-electron chi connectivity index (χ0n) is 12.4. The summed E-state index contributed by atoms with van der Waals surface area (Å²) in [6.07, 6.45) is 3.69. The van der Waals surface area contributed by atoms with Crippen LogP contribution in [0.1, 0.15) is 45.1 Å². The van der Waals surface area contributed by atoms with Crippen molar-refractivity contribution >= 4 is 11.6 Å². The molecule has 1 heterocycles. The Bertz CT molecular complexity index is 466. The first-order valence-corrected chi connectivity index (χ1v) is 7.68. The molecule has 3 nitrogen and oxygen atoms in total. The summed E-state index contributed by atoms with van der Waals surface area (Å²) in [5, 5.41) is 15.1. The maximum absolute atomic E-state index is 11.0. The molecule has 3 atom stereocenters. The number of hydrogen-bond acceptors (Lipinski definition) is 3. The van der Waals surface area contributed by atoms with Crippen molar-refractivity contribution in [2.75, 3.05) is 7.11 Å². The Balaban J connectivity index is 2.21. The van der Waals surface area contributed by atoms with E-state index in [1.165, 1.54) is 6.42 Å². The highest BCUT2D eigenvalue weighted by Gasteiger charge is 2.33. The quantitative estimate of drug-likeness (QED) is 0.874. The van der Waals surface area contributed by atoms with Crippen molar-refractivity contribution in [3.8, 4) is 5.75 Å². The van der Waals surface area contributed by atoms with Gasteiger partial charge in [0.05, 0.1) is 17.7 Å². The smallest absolute Gasteiger partial charge is 0.137 e. The van der Waals surface area contributed by atoms with Gasteiger partial charge >= 0.3 is 0 Å². The van der Waals surface area contributed by atoms with Gasteiger partial charge in [0, 0.05) is 12.1 Å². The zero-order valence-corrected chi connectivity index (χ0v) is 13.2. The van der Waals surface area contributed by atoms with Gasteiger partial charge in [-0.3, -0.25) is 0 Å². The van der Waals surface area contributed by atoms with Crippen molar-refractivity contribution in [1.29, 1.82) is 0 Å². The van der Waals surface area contributed by atoms with E-state index in [0.717, 1.165) is 18.4 Å². The molecule has 0 aliphatic carbocycles. The van der Waals surface area contributed by atoms with Crippen LogP contribution in [0.2, 0.25) is 5.02 Å². The molecule has 0 radical (unpaired) electrons. The van der Waals surface area contributed by atoms with Crippen molar-refractivity contribution in [3.63, 3.8) is 0 Å². The van der Waals surface area contributed by atoms with Crippen LogP contribution in [0.25, 0.3) is 0 Å². The first kappa shape index (κ1) is 15.6. The van der Waals surface area contributed by atoms with E-state index in [1.807, 2.05) is 19.1 Å². The summed E-state index contributed by atoms with van der Waals surface area (Å²) in [4.78, 5) is 0. The van der Waals surface area contributed by atoms with Gasteiger partial charge < -0.3 is 15.2 Å². The third-order valence-electron chi connectivity index (χ3n) is 4.33. The minimum Gasteiger partial charge on any atom is -0.495 e. The lowest BCUT2D eigenvalue weighted by Gasteiger charge is -2.31. The van der Waals surface area contributed by atoms with Crippen molar-refractivity contribution in [3.05, 3.63) is 28.8 Å². The van der Waals surface area contributed by atoms with Gasteiger partial charge in [-0.05, 0) is 50.3 Å². The molecule has 1 aliphatic heterocycles. The van der Waals surface area contributed by atoms with Crippen LogP contribution >= 0.6 is 11.6 Å². The molecule has 3 unspecified atom stereocenters. The summed E-state index contributed by atoms with van der Waals surface area (Å²) >= 11 is 6.06. The number of benzene rings is 1. The van der Waals surface area contributed by atoms with E-state index in [1.54, 1.807) is 13.2 Å². The molecular formula is C16H24ClNO2. The first-order chi connectivity index (χ1) is 9.48. The van der Waals surface area contributed by atoms with E-state index in [9.17, 15) is 5.11 Å². The Morgan fingerprint density at radius 1 is 1.45 bits per heavy atom. The zero-order chi connectivity index (χ0) is 14.8. The number of ether oxygens (including phenoxy) is 1. The van der Waals surface area contributed by atoms with Crippen molar-refractivity contribution in [2.45, 2.75) is 57.2 Å². The van der Waals surface area contributed by atoms with Crippen LogP contribution in [0.15, 0.2) is 18.2 Å². The average Bonchev–Trinajstić information content (AvgIpc) is 2.84. The molecule has 0 spiro atoms. The summed E-state index contributed by atoms with van der Waals surface area (Å²) in [5.74, 6) is 0.615. The normalized spacial score (nSPS) is 25.4. The van der Waals surface area contributed by atoms with Gasteiger partial charge in [-0.2, -0.15) is 0 Å². The van der Waals surface area contributed by atoms with Crippen molar-refractivity contribution in [2.24, 2.45) is 0 Å². The fraction of sp³-hybridized carbons (Fsp3) is 0.625. The van der Waals surface area contributed by atoms with E-state index in [4.69, 9.17) is 16.3 Å². The van der Waals surface area contributed by atoms with Crippen LogP contribution in [0.4, 0.5) is 0 Å². The molecule has 0 bridgehead atoms. The Labute approximate surface area is 126 Å². The summed E-state index contributed by atoms with van der Waals surface area (Å²) in [6.45, 7) is 4.20. The van der Waals surface area contributed by atoms with Crippen LogP contribution in [-0.4, -0.2) is 24.3 Å². The van der Waals surface area contributed by atoms with Crippen LogP contribution in [0.5, 0.6) is 5.75 Å². The summed E-state index contributed by atoms with van der Waals surface area (Å²) in [5.41, 5.74) is 0.0437. The van der Waals surface area contributed by atoms with Gasteiger partial charge in [-0.15, -0.1) is 0 Å². The summed E-state index contributed by atoms with van der Waals surface area (Å²) < 4.78 is 5.25. The number of rotatable bonds is 5. The third-order valence-corrected chi connectivity index (χ3v) is 4.64. The second kappa shape index (κ2) is 6.33. The minimum atomic E-state index is -0.834. The van der Waals surface area contributed by atoms with Crippen LogP contribution < -0.4 is 10.1 Å². The monoisotopic (exact) mass is 297 g/mol. The lowest BCUT2D eigenvalue weighted by molar-refractivity contribution is 0.0144. The number of halogens is 1. The first-order valence-electron chi connectivity index (χ1n) is 7.31. The Morgan fingerprint density at radius 2 is 2.20 bits per heavy atom. The molecule has 1 aromatic rings. The molecule has 2 N–H and O–H groups in total. The van der Waals surface area contributed by atoms with E-state index in [2.05, 4.69) is 12.2 Å². The molecule has 0 amide bonds. The fourth-order valence-electron chi connectivity index (χ4n) is 3.00. The van der Waals surface area contributed by atoms with E-state index in [-0.39, 0.29) is 0 Å². The van der Waals surface area contributed by atoms with Gasteiger partial charge in [0.1, 0.15) is 5.75 Å². The number of aliphatic hydroxyl groups is 1. The van der Waals surface area contributed by atoms with E-state index in [0.29, 0.717) is 29.3 Å². The molecule has 1 fully saturated rings. The average molecular weight is 298 g/mol. The summed E-state index contributed by atoms with van der Waals surface area (Å²) in [7, 11) is 1.59. The van der Waals surface area contributed by atoms with Gasteiger partial charge in [0.2, 0.25) is 0 Å². The highest BCUT2D eigenvalue weighted by Crippen LogP contribution is 2.36. The molecular weight excluding hydrogens is 274 g/mol. The lowest BCUT2D eigenvalue weighted by Crippen LogP contribution is -2.36. The second-order valence-corrected chi connectivity index (χ2v) is 6.19. The topological polar surface area (TPSA) is 41.5 Å². The van der Waals surface area contributed by atoms with E-state index >= 15 is 0 Å². The van der Waals surface area contributed by atoms with Crippen molar-refractivity contribution in [1.82, 2.24) is 5.32 Å². The molecule has 112 valence electrons. The molecule has 1 aromatic carbocycles. The molecule has 0 saturated carbocycles. The molecule has 20 heavy (non-hydrogen) atoms.